The molecule has 1 aromatic carbocycles. The van der Waals surface area contributed by atoms with Crippen LogP contribution in [0.25, 0.3) is 11.0 Å². The average Bonchev–Trinajstić information content (AvgIpc) is 2.48. The van der Waals surface area contributed by atoms with E-state index in [0.29, 0.717) is 0 Å². The van der Waals surface area contributed by atoms with Crippen LogP contribution in [0.1, 0.15) is 11.1 Å². The number of benzene rings is 1. The summed E-state index contributed by atoms with van der Waals surface area (Å²) in [5.74, 6) is 0. The molecular weight excluding hydrogens is 263 g/mol. The van der Waals surface area contributed by atoms with Gasteiger partial charge in [0.2, 0.25) is 0 Å². The molecule has 0 fully saturated rings. The molecule has 1 N–H and O–H groups in total. The minimum atomic E-state index is 1.08. The van der Waals surface area contributed by atoms with Crippen LogP contribution in [-0.2, 0) is 0 Å². The van der Waals surface area contributed by atoms with Crippen LogP contribution in [0, 0.1) is 17.4 Å². The van der Waals surface area contributed by atoms with Crippen molar-refractivity contribution in [1.82, 2.24) is 9.97 Å². The Kier molecular flexibility index (Phi) is 1.83. The number of fused-ring (bicyclic) bond motifs is 1. The van der Waals surface area contributed by atoms with E-state index in [9.17, 15) is 0 Å². The van der Waals surface area contributed by atoms with Crippen molar-refractivity contribution in [2.75, 3.05) is 0 Å². The molecule has 12 heavy (non-hydrogen) atoms. The molecule has 62 valence electrons. The van der Waals surface area contributed by atoms with E-state index in [1.54, 1.807) is 6.33 Å². The van der Waals surface area contributed by atoms with E-state index in [0.717, 1.165) is 11.0 Å². The highest BCUT2D eigenvalue weighted by atomic mass is 127. The predicted molar refractivity (Wildman–Crippen MR) is 58.3 cm³/mol. The van der Waals surface area contributed by atoms with Crippen LogP contribution >= 0.6 is 22.6 Å². The molecular formula is C9H9IN2. The SMILES string of the molecule is Cc1cc2[nH]cnc2c(I)c1C. The molecule has 2 nitrogen and oxygen atoms in total. The number of halogens is 1. The number of hydrogen-bond donors (Lipinski definition) is 1. The van der Waals surface area contributed by atoms with Gasteiger partial charge in [-0.15, -0.1) is 0 Å². The number of hydrogen-bond acceptors (Lipinski definition) is 1. The maximum absolute atomic E-state index is 4.26. The molecule has 0 amide bonds. The molecule has 2 rings (SSSR count). The van der Waals surface area contributed by atoms with Gasteiger partial charge in [0, 0.05) is 3.57 Å². The van der Waals surface area contributed by atoms with Gasteiger partial charge in [0.05, 0.1) is 11.8 Å². The van der Waals surface area contributed by atoms with Crippen molar-refractivity contribution in [2.45, 2.75) is 13.8 Å². The van der Waals surface area contributed by atoms with Crippen LogP contribution in [-0.4, -0.2) is 9.97 Å². The van der Waals surface area contributed by atoms with E-state index in [4.69, 9.17) is 0 Å². The van der Waals surface area contributed by atoms with Crippen LogP contribution in [0.2, 0.25) is 0 Å². The maximum Gasteiger partial charge on any atom is 0.102 e. The second kappa shape index (κ2) is 2.73. The van der Waals surface area contributed by atoms with Crippen molar-refractivity contribution in [3.05, 3.63) is 27.1 Å². The zero-order valence-corrected chi connectivity index (χ0v) is 9.14. The summed E-state index contributed by atoms with van der Waals surface area (Å²) in [5, 5.41) is 0. The molecule has 2 aromatic rings. The average molecular weight is 272 g/mol. The molecule has 0 radical (unpaired) electrons. The molecule has 1 heterocycles. The van der Waals surface area contributed by atoms with Gasteiger partial charge in [0.1, 0.15) is 5.52 Å². The number of rotatable bonds is 0. The van der Waals surface area contributed by atoms with Gasteiger partial charge in [-0.25, -0.2) is 4.98 Å². The standard InChI is InChI=1S/C9H9IN2/c1-5-3-7-9(12-4-11-7)8(10)6(5)2/h3-4H,1-2H3,(H,11,12). The zero-order valence-electron chi connectivity index (χ0n) is 6.98. The molecule has 0 saturated heterocycles. The van der Waals surface area contributed by atoms with Crippen molar-refractivity contribution in [3.8, 4) is 0 Å². The number of nitrogens with zero attached hydrogens (tertiary/aromatic N) is 1. The first-order chi connectivity index (χ1) is 5.70. The summed E-state index contributed by atoms with van der Waals surface area (Å²) in [6.45, 7) is 4.25. The lowest BCUT2D eigenvalue weighted by molar-refractivity contribution is 1.33. The third-order valence-electron chi connectivity index (χ3n) is 2.16. The Morgan fingerprint density at radius 1 is 1.42 bits per heavy atom. The summed E-state index contributed by atoms with van der Waals surface area (Å²) < 4.78 is 1.25. The quantitative estimate of drug-likeness (QED) is 0.734. The van der Waals surface area contributed by atoms with Gasteiger partial charge in [-0.2, -0.15) is 0 Å². The summed E-state index contributed by atoms with van der Waals surface area (Å²) in [6, 6.07) is 2.14. The van der Waals surface area contributed by atoms with Gasteiger partial charge in [-0.1, -0.05) is 0 Å². The molecule has 1 aromatic heterocycles. The minimum absolute atomic E-state index is 1.08. The largest absolute Gasteiger partial charge is 0.345 e. The summed E-state index contributed by atoms with van der Waals surface area (Å²) >= 11 is 2.34. The number of aryl methyl sites for hydroxylation is 1. The topological polar surface area (TPSA) is 28.7 Å². The fourth-order valence-electron chi connectivity index (χ4n) is 1.26. The van der Waals surface area contributed by atoms with Crippen LogP contribution in [0.15, 0.2) is 12.4 Å². The van der Waals surface area contributed by atoms with Crippen LogP contribution < -0.4 is 0 Å². The molecule has 0 saturated carbocycles. The Bertz CT molecular complexity index is 431. The van der Waals surface area contributed by atoms with Crippen LogP contribution in [0.5, 0.6) is 0 Å². The van der Waals surface area contributed by atoms with Gasteiger partial charge in [-0.3, -0.25) is 0 Å². The van der Waals surface area contributed by atoms with E-state index in [2.05, 4.69) is 52.5 Å². The molecule has 0 spiro atoms. The summed E-state index contributed by atoms with van der Waals surface area (Å²) in [6.07, 6.45) is 1.74. The number of aromatic nitrogens is 2. The first kappa shape index (κ1) is 8.04. The number of H-pyrrole nitrogens is 1. The fraction of sp³-hybridized carbons (Fsp3) is 0.222. The lowest BCUT2D eigenvalue weighted by Crippen LogP contribution is -1.87. The second-order valence-electron chi connectivity index (χ2n) is 2.93. The molecule has 0 aliphatic carbocycles. The van der Waals surface area contributed by atoms with Crippen LogP contribution in [0.3, 0.4) is 0 Å². The molecule has 0 atom stereocenters. The minimum Gasteiger partial charge on any atom is -0.345 e. The van der Waals surface area contributed by atoms with E-state index < -0.39 is 0 Å². The van der Waals surface area contributed by atoms with Gasteiger partial charge in [0.25, 0.3) is 0 Å². The van der Waals surface area contributed by atoms with Crippen molar-refractivity contribution >= 4 is 33.6 Å². The van der Waals surface area contributed by atoms with E-state index in [1.165, 1.54) is 14.7 Å². The van der Waals surface area contributed by atoms with Crippen molar-refractivity contribution in [2.24, 2.45) is 0 Å². The normalized spacial score (nSPS) is 10.9. The van der Waals surface area contributed by atoms with E-state index >= 15 is 0 Å². The number of aromatic amines is 1. The van der Waals surface area contributed by atoms with Crippen LogP contribution in [0.4, 0.5) is 0 Å². The van der Waals surface area contributed by atoms with Gasteiger partial charge < -0.3 is 4.98 Å². The Morgan fingerprint density at radius 3 is 2.92 bits per heavy atom. The Balaban J connectivity index is 2.94. The molecule has 3 heteroatoms. The first-order valence-electron chi connectivity index (χ1n) is 3.79. The lowest BCUT2D eigenvalue weighted by atomic mass is 10.1. The monoisotopic (exact) mass is 272 g/mol. The predicted octanol–water partition coefficient (Wildman–Crippen LogP) is 2.78. The van der Waals surface area contributed by atoms with Gasteiger partial charge in [-0.05, 0) is 53.6 Å². The Hall–Kier alpha value is -0.580. The highest BCUT2D eigenvalue weighted by Gasteiger charge is 2.06. The molecule has 0 unspecified atom stereocenters. The van der Waals surface area contributed by atoms with Gasteiger partial charge >= 0.3 is 0 Å². The number of imidazole rings is 1. The smallest absolute Gasteiger partial charge is 0.102 e. The summed E-state index contributed by atoms with van der Waals surface area (Å²) in [5.41, 5.74) is 4.85. The zero-order chi connectivity index (χ0) is 8.72. The second-order valence-corrected chi connectivity index (χ2v) is 4.01. The number of nitrogens with one attached hydrogen (secondary N) is 1. The maximum atomic E-state index is 4.26. The Morgan fingerprint density at radius 2 is 2.17 bits per heavy atom. The summed E-state index contributed by atoms with van der Waals surface area (Å²) in [7, 11) is 0. The fourth-order valence-corrected chi connectivity index (χ4v) is 2.12. The Labute approximate surface area is 84.5 Å². The van der Waals surface area contributed by atoms with Crippen molar-refractivity contribution < 1.29 is 0 Å². The van der Waals surface area contributed by atoms with E-state index in [1.807, 2.05) is 0 Å². The first-order valence-corrected chi connectivity index (χ1v) is 4.87. The van der Waals surface area contributed by atoms with E-state index in [-0.39, 0.29) is 0 Å². The van der Waals surface area contributed by atoms with Crippen molar-refractivity contribution in [3.63, 3.8) is 0 Å². The highest BCUT2D eigenvalue weighted by Crippen LogP contribution is 2.23. The third kappa shape index (κ3) is 1.03. The third-order valence-corrected chi connectivity index (χ3v) is 3.48. The molecule has 0 aliphatic heterocycles. The van der Waals surface area contributed by atoms with Gasteiger partial charge in [0.15, 0.2) is 0 Å². The molecule has 0 aliphatic rings. The highest BCUT2D eigenvalue weighted by molar-refractivity contribution is 14.1. The van der Waals surface area contributed by atoms with Crippen molar-refractivity contribution in [1.29, 1.82) is 0 Å². The lowest BCUT2D eigenvalue weighted by Gasteiger charge is -2.02. The molecule has 0 bridgehead atoms. The summed E-state index contributed by atoms with van der Waals surface area (Å²) in [4.78, 5) is 7.37.